The molecule has 1 aliphatic heterocycles. The van der Waals surface area contributed by atoms with Crippen molar-refractivity contribution in [3.63, 3.8) is 0 Å². The molecule has 1 aromatic carbocycles. The number of fused-ring (bicyclic) bond motifs is 1. The highest BCUT2D eigenvalue weighted by atomic mass is 32.2. The molecule has 1 N–H and O–H groups in total. The maximum atomic E-state index is 13.4. The van der Waals surface area contributed by atoms with Gasteiger partial charge in [0.15, 0.2) is 5.43 Å². The second-order valence-corrected chi connectivity index (χ2v) is 7.44. The Labute approximate surface area is 162 Å². The zero-order chi connectivity index (χ0) is 20.5. The van der Waals surface area contributed by atoms with Crippen LogP contribution in [0.3, 0.4) is 0 Å². The molecule has 1 saturated heterocycles. The highest BCUT2D eigenvalue weighted by molar-refractivity contribution is 8.00. The molecule has 0 unspecified atom stereocenters. The van der Waals surface area contributed by atoms with Gasteiger partial charge in [0, 0.05) is 24.5 Å². The molecule has 1 aliphatic rings. The molecule has 1 aromatic heterocycles. The molecule has 0 bridgehead atoms. The number of halogens is 3. The van der Waals surface area contributed by atoms with Crippen LogP contribution < -0.4 is 10.7 Å². The summed E-state index contributed by atoms with van der Waals surface area (Å²) >= 11 is 1.40. The number of carbonyl (C=O) groups is 2. The summed E-state index contributed by atoms with van der Waals surface area (Å²) in [4.78, 5) is 37.0. The molecule has 2 amide bonds. The lowest BCUT2D eigenvalue weighted by molar-refractivity contribution is -0.143. The van der Waals surface area contributed by atoms with Gasteiger partial charge < -0.3 is 14.8 Å². The predicted octanol–water partition coefficient (Wildman–Crippen LogP) is 1.98. The van der Waals surface area contributed by atoms with Gasteiger partial charge in [-0.25, -0.2) is 0 Å². The summed E-state index contributed by atoms with van der Waals surface area (Å²) in [5.74, 6) is 0.172. The van der Waals surface area contributed by atoms with Crippen molar-refractivity contribution in [2.75, 3.05) is 24.7 Å². The quantitative estimate of drug-likeness (QED) is 0.814. The fourth-order valence-electron chi connectivity index (χ4n) is 3.04. The van der Waals surface area contributed by atoms with E-state index in [9.17, 15) is 27.6 Å². The second kappa shape index (κ2) is 7.86. The predicted molar refractivity (Wildman–Crippen MR) is 100.0 cm³/mol. The summed E-state index contributed by atoms with van der Waals surface area (Å²) in [7, 11) is 0. The average Bonchev–Trinajstić information content (AvgIpc) is 3.00. The van der Waals surface area contributed by atoms with Crippen LogP contribution in [0.1, 0.15) is 11.3 Å². The number of hydrogen-bond acceptors (Lipinski definition) is 4. The van der Waals surface area contributed by atoms with Gasteiger partial charge in [-0.1, -0.05) is 11.6 Å². The Morgan fingerprint density at radius 1 is 1.25 bits per heavy atom. The fourth-order valence-corrected chi connectivity index (χ4v) is 3.95. The van der Waals surface area contributed by atoms with E-state index in [0.717, 1.165) is 10.1 Å². The highest BCUT2D eigenvalue weighted by Gasteiger charge is 2.35. The van der Waals surface area contributed by atoms with E-state index in [1.807, 2.05) is 0 Å². The van der Waals surface area contributed by atoms with E-state index >= 15 is 0 Å². The van der Waals surface area contributed by atoms with Crippen LogP contribution >= 0.6 is 11.8 Å². The van der Waals surface area contributed by atoms with Gasteiger partial charge in [0.05, 0.1) is 17.1 Å². The minimum absolute atomic E-state index is 0.0665. The van der Waals surface area contributed by atoms with Crippen LogP contribution in [0.2, 0.25) is 0 Å². The van der Waals surface area contributed by atoms with Crippen LogP contribution in [0, 0.1) is 6.92 Å². The topological polar surface area (TPSA) is 71.4 Å². The highest BCUT2D eigenvalue weighted by Crippen LogP contribution is 2.30. The van der Waals surface area contributed by atoms with Gasteiger partial charge in [-0.05, 0) is 19.1 Å². The smallest absolute Gasteiger partial charge is 0.353 e. The summed E-state index contributed by atoms with van der Waals surface area (Å²) < 4.78 is 41.3. The van der Waals surface area contributed by atoms with Crippen molar-refractivity contribution in [2.45, 2.75) is 19.6 Å². The molecule has 1 fully saturated rings. The maximum Gasteiger partial charge on any atom is 0.431 e. The molecule has 0 radical (unpaired) electrons. The van der Waals surface area contributed by atoms with Crippen LogP contribution in [0.15, 0.2) is 29.1 Å². The van der Waals surface area contributed by atoms with Crippen LogP contribution in [0.4, 0.5) is 13.2 Å². The Morgan fingerprint density at radius 3 is 2.64 bits per heavy atom. The van der Waals surface area contributed by atoms with Crippen LogP contribution in [-0.2, 0) is 22.3 Å². The number of nitrogens with one attached hydrogen (secondary N) is 1. The van der Waals surface area contributed by atoms with Gasteiger partial charge >= 0.3 is 6.18 Å². The number of hydrogen-bond donors (Lipinski definition) is 1. The molecule has 0 spiro atoms. The van der Waals surface area contributed by atoms with E-state index in [1.165, 1.54) is 22.7 Å². The number of thioether (sulfide) groups is 1. The van der Waals surface area contributed by atoms with E-state index in [4.69, 9.17) is 0 Å². The number of alkyl halides is 3. The largest absolute Gasteiger partial charge is 0.431 e. The molecule has 0 aliphatic carbocycles. The van der Waals surface area contributed by atoms with Crippen LogP contribution in [-0.4, -0.2) is 46.0 Å². The third kappa shape index (κ3) is 4.32. The summed E-state index contributed by atoms with van der Waals surface area (Å²) in [6.07, 6.45) is -4.71. The molecule has 2 heterocycles. The SMILES string of the molecule is Cc1ccc2c(c1)c(=O)cc(C(F)(F)F)n2CCNC(=O)CN1CSCC1=O. The Hall–Kier alpha value is -2.49. The number of rotatable bonds is 5. The number of aryl methyl sites for hydroxylation is 1. The van der Waals surface area contributed by atoms with Crippen LogP contribution in [0.5, 0.6) is 0 Å². The van der Waals surface area contributed by atoms with Crippen LogP contribution in [0.25, 0.3) is 10.9 Å². The first kappa shape index (κ1) is 20.2. The van der Waals surface area contributed by atoms with Gasteiger partial charge in [-0.3, -0.25) is 14.4 Å². The molecule has 0 atom stereocenters. The van der Waals surface area contributed by atoms with Crippen molar-refractivity contribution >= 4 is 34.5 Å². The molecular formula is C18H18F3N3O3S. The second-order valence-electron chi connectivity index (χ2n) is 6.48. The van der Waals surface area contributed by atoms with Gasteiger partial charge in [-0.15, -0.1) is 11.8 Å². The Kier molecular flexibility index (Phi) is 5.69. The number of nitrogens with zero attached hydrogens (tertiary/aromatic N) is 2. The van der Waals surface area contributed by atoms with Crippen molar-refractivity contribution in [2.24, 2.45) is 0 Å². The first-order valence-corrected chi connectivity index (χ1v) is 9.66. The Bertz CT molecular complexity index is 988. The van der Waals surface area contributed by atoms with Gasteiger partial charge in [-0.2, -0.15) is 13.2 Å². The number of pyridine rings is 1. The lowest BCUT2D eigenvalue weighted by Crippen LogP contribution is -2.39. The van der Waals surface area contributed by atoms with Gasteiger partial charge in [0.25, 0.3) is 0 Å². The van der Waals surface area contributed by atoms with E-state index < -0.39 is 23.2 Å². The van der Waals surface area contributed by atoms with Gasteiger partial charge in [0.2, 0.25) is 11.8 Å². The molecular weight excluding hydrogens is 395 g/mol. The van der Waals surface area contributed by atoms with Crippen molar-refractivity contribution in [1.29, 1.82) is 0 Å². The van der Waals surface area contributed by atoms with E-state index in [0.29, 0.717) is 17.7 Å². The standard InChI is InChI=1S/C18H18F3N3O3S/c1-11-2-3-13-12(6-11)14(25)7-15(18(19,20)21)24(13)5-4-22-16(26)8-23-10-28-9-17(23)27/h2-3,6-7H,4-5,8-10H2,1H3,(H,22,26). The summed E-state index contributed by atoms with van der Waals surface area (Å²) in [5.41, 5.74) is -0.839. The van der Waals surface area contributed by atoms with E-state index in [2.05, 4.69) is 5.32 Å². The zero-order valence-corrected chi connectivity index (χ0v) is 15.8. The number of aromatic nitrogens is 1. The molecule has 150 valence electrons. The molecule has 28 heavy (non-hydrogen) atoms. The van der Waals surface area contributed by atoms with Crippen molar-refractivity contribution in [3.05, 3.63) is 45.7 Å². The Morgan fingerprint density at radius 2 is 2.00 bits per heavy atom. The normalized spacial score (nSPS) is 14.7. The summed E-state index contributed by atoms with van der Waals surface area (Å²) in [6.45, 7) is 1.40. The minimum atomic E-state index is -4.71. The van der Waals surface area contributed by atoms with Crippen molar-refractivity contribution < 1.29 is 22.8 Å². The zero-order valence-electron chi connectivity index (χ0n) is 15.0. The molecule has 3 rings (SSSR count). The average molecular weight is 413 g/mol. The Balaban J connectivity index is 1.81. The van der Waals surface area contributed by atoms with Crippen molar-refractivity contribution in [3.8, 4) is 0 Å². The third-order valence-corrected chi connectivity index (χ3v) is 5.32. The fraction of sp³-hybridized carbons (Fsp3) is 0.389. The molecule has 6 nitrogen and oxygen atoms in total. The minimum Gasteiger partial charge on any atom is -0.353 e. The lowest BCUT2D eigenvalue weighted by Gasteiger charge is -2.20. The molecule has 0 saturated carbocycles. The van der Waals surface area contributed by atoms with Gasteiger partial charge in [0.1, 0.15) is 12.2 Å². The van der Waals surface area contributed by atoms with Crippen molar-refractivity contribution in [1.82, 2.24) is 14.8 Å². The molecule has 2 aromatic rings. The first-order valence-electron chi connectivity index (χ1n) is 8.50. The first-order chi connectivity index (χ1) is 13.2. The number of carbonyl (C=O) groups excluding carboxylic acids is 2. The lowest BCUT2D eigenvalue weighted by atomic mass is 10.1. The van der Waals surface area contributed by atoms with E-state index in [-0.39, 0.29) is 36.4 Å². The maximum absolute atomic E-state index is 13.4. The molecule has 10 heteroatoms. The summed E-state index contributed by atoms with van der Waals surface area (Å²) in [5, 5.41) is 2.73. The number of amides is 2. The van der Waals surface area contributed by atoms with E-state index in [1.54, 1.807) is 19.1 Å². The number of benzene rings is 1. The monoisotopic (exact) mass is 413 g/mol. The summed E-state index contributed by atoms with van der Waals surface area (Å²) in [6, 6.07) is 5.24. The third-order valence-electron chi connectivity index (χ3n) is 4.37.